The first-order chi connectivity index (χ1) is 16.4. The molecule has 0 atom stereocenters. The lowest BCUT2D eigenvalue weighted by molar-refractivity contribution is -0.114. The Bertz CT molecular complexity index is 1240. The molecule has 8 nitrogen and oxygen atoms in total. The lowest BCUT2D eigenvalue weighted by Gasteiger charge is -2.20. The number of hydrazone groups is 1. The zero-order valence-corrected chi connectivity index (χ0v) is 20.5. The highest BCUT2D eigenvalue weighted by atomic mass is 35.5. The monoisotopic (exact) mass is 498 g/mol. The van der Waals surface area contributed by atoms with Gasteiger partial charge in [0.15, 0.2) is 22.5 Å². The number of aryl methyl sites for hydroxylation is 1. The van der Waals surface area contributed by atoms with Gasteiger partial charge in [0.05, 0.1) is 36.5 Å². The van der Waals surface area contributed by atoms with Crippen LogP contribution >= 0.6 is 23.4 Å². The number of rotatable bonds is 8. The van der Waals surface area contributed by atoms with Crippen molar-refractivity contribution in [3.63, 3.8) is 0 Å². The maximum Gasteiger partial charge on any atom is 0.283 e. The van der Waals surface area contributed by atoms with Crippen LogP contribution in [-0.2, 0) is 4.79 Å². The highest BCUT2D eigenvalue weighted by Crippen LogP contribution is 2.37. The van der Waals surface area contributed by atoms with Crippen molar-refractivity contribution in [1.29, 1.82) is 5.41 Å². The maximum atomic E-state index is 12.4. The number of carbonyl (C=O) groups is 1. The molecule has 2 heterocycles. The predicted octanol–water partition coefficient (Wildman–Crippen LogP) is 5.06. The van der Waals surface area contributed by atoms with E-state index in [2.05, 4.69) is 23.1 Å². The average Bonchev–Trinajstić information content (AvgIpc) is 3.28. The average molecular weight is 499 g/mol. The maximum absolute atomic E-state index is 12.4. The Balaban J connectivity index is 1.42. The fourth-order valence-corrected chi connectivity index (χ4v) is 4.25. The zero-order chi connectivity index (χ0) is 24.2. The van der Waals surface area contributed by atoms with Crippen molar-refractivity contribution in [2.24, 2.45) is 10.1 Å². The molecule has 0 spiro atoms. The van der Waals surface area contributed by atoms with Crippen LogP contribution in [0.15, 0.2) is 46.0 Å². The molecular weight excluding hydrogens is 476 g/mol. The van der Waals surface area contributed by atoms with Gasteiger partial charge in [-0.1, -0.05) is 23.7 Å². The van der Waals surface area contributed by atoms with Gasteiger partial charge in [-0.05, 0) is 66.6 Å². The molecule has 2 aromatic rings. The SMILES string of the molecule is COc1cc(/C=C2/C(=N)N3N=CSC3=NC2=O)cc(Cl)c1OCCCOc1cccc(C)c1C. The minimum Gasteiger partial charge on any atom is -0.493 e. The molecular formula is C24H23ClN4O4S. The van der Waals surface area contributed by atoms with Crippen molar-refractivity contribution in [2.45, 2.75) is 20.3 Å². The molecule has 1 amide bonds. The van der Waals surface area contributed by atoms with Crippen LogP contribution in [0.1, 0.15) is 23.1 Å². The van der Waals surface area contributed by atoms with Gasteiger partial charge in [0, 0.05) is 6.42 Å². The van der Waals surface area contributed by atoms with Crippen LogP contribution < -0.4 is 14.2 Å². The predicted molar refractivity (Wildman–Crippen MR) is 136 cm³/mol. The molecule has 0 radical (unpaired) electrons. The Morgan fingerprint density at radius 2 is 1.97 bits per heavy atom. The molecule has 4 rings (SSSR count). The summed E-state index contributed by atoms with van der Waals surface area (Å²) in [6.45, 7) is 4.97. The summed E-state index contributed by atoms with van der Waals surface area (Å²) in [5.74, 6) is 1.14. The third-order valence-electron chi connectivity index (χ3n) is 5.31. The largest absolute Gasteiger partial charge is 0.493 e. The first kappa shape index (κ1) is 23.8. The number of thioether (sulfide) groups is 1. The van der Waals surface area contributed by atoms with E-state index in [4.69, 9.17) is 31.2 Å². The van der Waals surface area contributed by atoms with Crippen molar-refractivity contribution in [1.82, 2.24) is 5.01 Å². The van der Waals surface area contributed by atoms with E-state index in [1.165, 1.54) is 35.0 Å². The summed E-state index contributed by atoms with van der Waals surface area (Å²) in [5, 5.41) is 14.4. The second kappa shape index (κ2) is 10.3. The third-order valence-corrected chi connectivity index (χ3v) is 6.26. The van der Waals surface area contributed by atoms with Gasteiger partial charge in [0.1, 0.15) is 5.75 Å². The molecule has 10 heteroatoms. The lowest BCUT2D eigenvalue weighted by Crippen LogP contribution is -2.35. The van der Waals surface area contributed by atoms with E-state index in [9.17, 15) is 4.79 Å². The van der Waals surface area contributed by atoms with Crippen LogP contribution in [-0.4, -0.2) is 47.8 Å². The summed E-state index contributed by atoms with van der Waals surface area (Å²) >= 11 is 7.66. The van der Waals surface area contributed by atoms with Crippen LogP contribution in [0.3, 0.4) is 0 Å². The summed E-state index contributed by atoms with van der Waals surface area (Å²) in [4.78, 5) is 16.4. The number of benzene rings is 2. The summed E-state index contributed by atoms with van der Waals surface area (Å²) in [6, 6.07) is 9.33. The summed E-state index contributed by atoms with van der Waals surface area (Å²) < 4.78 is 17.2. The van der Waals surface area contributed by atoms with E-state index in [1.54, 1.807) is 18.2 Å². The molecule has 0 saturated carbocycles. The molecule has 2 aliphatic heterocycles. The minimum absolute atomic E-state index is 0.0458. The number of hydrogen-bond donors (Lipinski definition) is 1. The standard InChI is InChI=1S/C24H23ClN4O4S/c1-14-6-4-7-19(15(14)2)32-8-5-9-33-21-18(25)11-16(12-20(21)31-3)10-17-22(26)29-24(28-23(17)30)34-13-27-29/h4,6-7,10-13,26H,5,8-9H2,1-3H3/b17-10-,26-22?. The number of amides is 1. The highest BCUT2D eigenvalue weighted by molar-refractivity contribution is 8.25. The van der Waals surface area contributed by atoms with Gasteiger partial charge in [0.25, 0.3) is 5.91 Å². The number of hydrogen-bond acceptors (Lipinski definition) is 7. The molecule has 34 heavy (non-hydrogen) atoms. The number of halogens is 1. The van der Waals surface area contributed by atoms with Gasteiger partial charge in [-0.15, -0.1) is 0 Å². The minimum atomic E-state index is -0.506. The third kappa shape index (κ3) is 4.95. The quantitative estimate of drug-likeness (QED) is 0.403. The normalized spacial score (nSPS) is 16.1. The Hall–Kier alpha value is -3.30. The number of methoxy groups -OCH3 is 1. The van der Waals surface area contributed by atoms with Crippen LogP contribution in [0.4, 0.5) is 0 Å². The Labute approximate surface area is 206 Å². The molecule has 2 aliphatic rings. The van der Waals surface area contributed by atoms with Gasteiger partial charge in [-0.2, -0.15) is 15.1 Å². The van der Waals surface area contributed by atoms with E-state index in [1.807, 2.05) is 19.1 Å². The molecule has 0 fully saturated rings. The Kier molecular flexibility index (Phi) is 7.23. The van der Waals surface area contributed by atoms with Crippen molar-refractivity contribution < 1.29 is 19.0 Å². The van der Waals surface area contributed by atoms with Gasteiger partial charge < -0.3 is 14.2 Å². The first-order valence-electron chi connectivity index (χ1n) is 10.5. The van der Waals surface area contributed by atoms with E-state index >= 15 is 0 Å². The summed E-state index contributed by atoms with van der Waals surface area (Å²) in [5.41, 5.74) is 4.53. The molecule has 0 aromatic heterocycles. The zero-order valence-electron chi connectivity index (χ0n) is 18.9. The second-order valence-corrected chi connectivity index (χ2v) is 8.76. The van der Waals surface area contributed by atoms with Crippen molar-refractivity contribution in [2.75, 3.05) is 20.3 Å². The fraction of sp³-hybridized carbons (Fsp3) is 0.250. The molecule has 1 N–H and O–H groups in total. The summed E-state index contributed by atoms with van der Waals surface area (Å²) in [7, 11) is 1.51. The highest BCUT2D eigenvalue weighted by Gasteiger charge is 2.32. The summed E-state index contributed by atoms with van der Waals surface area (Å²) in [6.07, 6.45) is 2.19. The molecule has 0 saturated heterocycles. The van der Waals surface area contributed by atoms with Crippen LogP contribution in [0.25, 0.3) is 6.08 Å². The number of ether oxygens (including phenoxy) is 3. The van der Waals surface area contributed by atoms with Gasteiger partial charge >= 0.3 is 0 Å². The van der Waals surface area contributed by atoms with Crippen molar-refractivity contribution in [3.05, 3.63) is 57.6 Å². The molecule has 0 bridgehead atoms. The fourth-order valence-electron chi connectivity index (χ4n) is 3.36. The van der Waals surface area contributed by atoms with Crippen LogP contribution in [0.5, 0.6) is 17.2 Å². The number of aliphatic imine (C=N–C) groups is 1. The van der Waals surface area contributed by atoms with Gasteiger partial charge in [0.2, 0.25) is 0 Å². The molecule has 176 valence electrons. The van der Waals surface area contributed by atoms with Gasteiger partial charge in [-0.25, -0.2) is 0 Å². The van der Waals surface area contributed by atoms with Gasteiger partial charge in [-0.3, -0.25) is 10.2 Å². The van der Waals surface area contributed by atoms with E-state index in [-0.39, 0.29) is 11.4 Å². The Morgan fingerprint density at radius 3 is 2.76 bits per heavy atom. The van der Waals surface area contributed by atoms with Crippen molar-refractivity contribution >= 4 is 51.9 Å². The number of nitrogens with zero attached hydrogens (tertiary/aromatic N) is 3. The van der Waals surface area contributed by atoms with Crippen LogP contribution in [0.2, 0.25) is 5.02 Å². The number of carbonyl (C=O) groups excluding carboxylic acids is 1. The van der Waals surface area contributed by atoms with E-state index < -0.39 is 5.91 Å². The molecule has 2 aromatic carbocycles. The molecule has 0 unspecified atom stereocenters. The topological polar surface area (TPSA) is 96.6 Å². The van der Waals surface area contributed by atoms with Crippen LogP contribution in [0, 0.1) is 19.3 Å². The first-order valence-corrected chi connectivity index (χ1v) is 11.8. The van der Waals surface area contributed by atoms with Crippen molar-refractivity contribution in [3.8, 4) is 17.2 Å². The Morgan fingerprint density at radius 1 is 1.18 bits per heavy atom. The molecule has 0 aliphatic carbocycles. The van der Waals surface area contributed by atoms with E-state index in [0.717, 1.165) is 11.3 Å². The number of nitrogens with one attached hydrogen (secondary N) is 1. The number of amidine groups is 2. The smallest absolute Gasteiger partial charge is 0.283 e. The second-order valence-electron chi connectivity index (χ2n) is 7.54. The number of fused-ring (bicyclic) bond motifs is 1. The van der Waals surface area contributed by atoms with E-state index in [0.29, 0.717) is 46.9 Å². The lowest BCUT2D eigenvalue weighted by atomic mass is 10.1.